The number of aromatic nitrogens is 1. The lowest BCUT2D eigenvalue weighted by molar-refractivity contribution is -0.132. The summed E-state index contributed by atoms with van der Waals surface area (Å²) in [5, 5.41) is 28.5. The minimum absolute atomic E-state index is 0.0712. The van der Waals surface area contributed by atoms with Crippen LogP contribution in [-0.4, -0.2) is 86.8 Å². The second-order valence-corrected chi connectivity index (χ2v) is 13.6. The van der Waals surface area contributed by atoms with E-state index in [4.69, 9.17) is 0 Å². The fourth-order valence-electron chi connectivity index (χ4n) is 6.56. The highest BCUT2D eigenvalue weighted by Gasteiger charge is 2.37. The standard InChI is InChI=1S/C36H47N5O4/c1-36(2,3)39-35(45)31-24-40(22-26-12-9-15-37-21-26)16-17-41(31)23-29(42)19-28(18-25-10-5-4-6-11-25)34(44)38-33-30-14-8-7-13-27(30)20-32(33)43/h4-15,21,28-29,31-33,42-43H,16-20,22-24H2,1-3H3,(H,38,44)(H,39,45)/t28-,29-,31-,32+,33?/m0/s1. The Bertz CT molecular complexity index is 1410. The zero-order chi connectivity index (χ0) is 32.0. The number of hydrogen-bond donors (Lipinski definition) is 4. The van der Waals surface area contributed by atoms with E-state index in [1.54, 1.807) is 6.20 Å². The second-order valence-electron chi connectivity index (χ2n) is 13.6. The lowest BCUT2D eigenvalue weighted by Crippen LogP contribution is -2.61. The highest BCUT2D eigenvalue weighted by atomic mass is 16.3. The maximum atomic E-state index is 13.8. The molecule has 2 aliphatic rings. The van der Waals surface area contributed by atoms with Crippen LogP contribution in [0.25, 0.3) is 0 Å². The van der Waals surface area contributed by atoms with Gasteiger partial charge in [0.25, 0.3) is 0 Å². The Hall–Kier alpha value is -3.63. The summed E-state index contributed by atoms with van der Waals surface area (Å²) in [6.45, 7) is 8.74. The number of β-amino-alcohol motifs (C(OH)–C–C–N with tert-alkyl or cyclic N) is 1. The van der Waals surface area contributed by atoms with Crippen molar-refractivity contribution in [2.24, 2.45) is 5.92 Å². The molecule has 1 unspecified atom stereocenters. The zero-order valence-electron chi connectivity index (χ0n) is 26.6. The molecular weight excluding hydrogens is 566 g/mol. The molecule has 1 fully saturated rings. The number of rotatable bonds is 11. The Labute approximate surface area is 266 Å². The molecule has 9 heteroatoms. The number of hydrogen-bond acceptors (Lipinski definition) is 7. The summed E-state index contributed by atoms with van der Waals surface area (Å²) < 4.78 is 0. The van der Waals surface area contributed by atoms with Crippen molar-refractivity contribution in [3.8, 4) is 0 Å². The molecule has 4 N–H and O–H groups in total. The van der Waals surface area contributed by atoms with Gasteiger partial charge in [-0.1, -0.05) is 60.7 Å². The van der Waals surface area contributed by atoms with E-state index in [0.717, 1.165) is 28.8 Å². The van der Waals surface area contributed by atoms with E-state index in [2.05, 4.69) is 25.4 Å². The molecule has 45 heavy (non-hydrogen) atoms. The molecule has 3 aromatic rings. The Morgan fingerprint density at radius 1 is 1.00 bits per heavy atom. The van der Waals surface area contributed by atoms with E-state index in [0.29, 0.717) is 32.5 Å². The second kappa shape index (κ2) is 14.6. The van der Waals surface area contributed by atoms with Crippen LogP contribution >= 0.6 is 0 Å². The van der Waals surface area contributed by atoms with Gasteiger partial charge in [-0.2, -0.15) is 0 Å². The quantitative estimate of drug-likeness (QED) is 0.263. The van der Waals surface area contributed by atoms with Crippen molar-refractivity contribution in [3.63, 3.8) is 0 Å². The Balaban J connectivity index is 1.29. The van der Waals surface area contributed by atoms with Crippen LogP contribution in [0.4, 0.5) is 0 Å². The first-order valence-corrected chi connectivity index (χ1v) is 16.0. The molecule has 1 aliphatic carbocycles. The number of aliphatic hydroxyl groups excluding tert-OH is 2. The van der Waals surface area contributed by atoms with Crippen molar-refractivity contribution >= 4 is 11.8 Å². The van der Waals surface area contributed by atoms with Crippen LogP contribution in [-0.2, 0) is 29.0 Å². The van der Waals surface area contributed by atoms with E-state index in [1.807, 2.05) is 93.7 Å². The maximum Gasteiger partial charge on any atom is 0.239 e. The first-order valence-electron chi connectivity index (χ1n) is 16.0. The van der Waals surface area contributed by atoms with Crippen molar-refractivity contribution in [3.05, 3.63) is 101 Å². The van der Waals surface area contributed by atoms with E-state index in [1.165, 1.54) is 0 Å². The maximum absolute atomic E-state index is 13.8. The minimum atomic E-state index is -0.833. The molecule has 0 radical (unpaired) electrons. The van der Waals surface area contributed by atoms with Crippen LogP contribution in [0.1, 0.15) is 55.5 Å². The van der Waals surface area contributed by atoms with Crippen molar-refractivity contribution in [2.45, 2.75) is 76.4 Å². The van der Waals surface area contributed by atoms with Gasteiger partial charge in [-0.3, -0.25) is 24.4 Å². The molecule has 9 nitrogen and oxygen atoms in total. The largest absolute Gasteiger partial charge is 0.392 e. The minimum Gasteiger partial charge on any atom is -0.392 e. The van der Waals surface area contributed by atoms with Gasteiger partial charge in [0.15, 0.2) is 0 Å². The van der Waals surface area contributed by atoms with Crippen LogP contribution in [0.15, 0.2) is 79.1 Å². The molecule has 2 aromatic carbocycles. The summed E-state index contributed by atoms with van der Waals surface area (Å²) in [5.74, 6) is -0.781. The van der Waals surface area contributed by atoms with Gasteiger partial charge in [-0.05, 0) is 61.9 Å². The molecule has 2 amide bonds. The monoisotopic (exact) mass is 613 g/mol. The average molecular weight is 614 g/mol. The summed E-state index contributed by atoms with van der Waals surface area (Å²) in [7, 11) is 0. The predicted octanol–water partition coefficient (Wildman–Crippen LogP) is 2.87. The lowest BCUT2D eigenvalue weighted by atomic mass is 9.91. The van der Waals surface area contributed by atoms with Crippen LogP contribution < -0.4 is 10.6 Å². The van der Waals surface area contributed by atoms with Crippen molar-refractivity contribution < 1.29 is 19.8 Å². The number of amides is 2. The third kappa shape index (κ3) is 8.98. The normalized spacial score (nSPS) is 21.9. The highest BCUT2D eigenvalue weighted by Crippen LogP contribution is 2.32. The molecular formula is C36H47N5O4. The van der Waals surface area contributed by atoms with Crippen molar-refractivity contribution in [1.29, 1.82) is 0 Å². The molecule has 0 bridgehead atoms. The molecule has 5 rings (SSSR count). The number of carbonyl (C=O) groups is 2. The van der Waals surface area contributed by atoms with Gasteiger partial charge < -0.3 is 20.8 Å². The molecule has 1 aliphatic heterocycles. The van der Waals surface area contributed by atoms with E-state index in [9.17, 15) is 19.8 Å². The first-order chi connectivity index (χ1) is 21.6. The Morgan fingerprint density at radius 3 is 2.47 bits per heavy atom. The van der Waals surface area contributed by atoms with Gasteiger partial charge in [-0.25, -0.2) is 0 Å². The predicted molar refractivity (Wildman–Crippen MR) is 174 cm³/mol. The van der Waals surface area contributed by atoms with Gasteiger partial charge >= 0.3 is 0 Å². The molecule has 1 aromatic heterocycles. The summed E-state index contributed by atoms with van der Waals surface area (Å²) in [6.07, 6.45) is 3.26. The number of benzene rings is 2. The topological polar surface area (TPSA) is 118 Å². The fourth-order valence-corrected chi connectivity index (χ4v) is 6.56. The van der Waals surface area contributed by atoms with Crippen LogP contribution in [0.5, 0.6) is 0 Å². The highest BCUT2D eigenvalue weighted by molar-refractivity contribution is 5.83. The molecule has 0 spiro atoms. The SMILES string of the molecule is CC(C)(C)NC(=O)[C@@H]1CN(Cc2cccnc2)CCN1C[C@@H](O)C[C@H](Cc1ccccc1)C(=O)NC1c2ccccc2C[C@H]1O. The summed E-state index contributed by atoms with van der Waals surface area (Å²) in [6, 6.07) is 20.6. The number of pyridine rings is 1. The Morgan fingerprint density at radius 2 is 1.73 bits per heavy atom. The molecule has 5 atom stereocenters. The summed E-state index contributed by atoms with van der Waals surface area (Å²) >= 11 is 0. The molecule has 0 saturated carbocycles. The number of nitrogens with one attached hydrogen (secondary N) is 2. The molecule has 240 valence electrons. The van der Waals surface area contributed by atoms with Gasteiger partial charge in [0.05, 0.1) is 18.2 Å². The molecule has 1 saturated heterocycles. The van der Waals surface area contributed by atoms with Gasteiger partial charge in [0, 0.05) is 63.0 Å². The fraction of sp³-hybridized carbons (Fsp3) is 0.472. The van der Waals surface area contributed by atoms with Crippen LogP contribution in [0.3, 0.4) is 0 Å². The van der Waals surface area contributed by atoms with Crippen LogP contribution in [0.2, 0.25) is 0 Å². The van der Waals surface area contributed by atoms with Crippen LogP contribution in [0, 0.1) is 5.92 Å². The zero-order valence-corrected chi connectivity index (χ0v) is 26.6. The number of nitrogens with zero attached hydrogens (tertiary/aromatic N) is 3. The van der Waals surface area contributed by atoms with Crippen molar-refractivity contribution in [1.82, 2.24) is 25.4 Å². The van der Waals surface area contributed by atoms with E-state index in [-0.39, 0.29) is 24.8 Å². The summed E-state index contributed by atoms with van der Waals surface area (Å²) in [4.78, 5) is 35.9. The van der Waals surface area contributed by atoms with Gasteiger partial charge in [0.2, 0.25) is 11.8 Å². The van der Waals surface area contributed by atoms with Gasteiger partial charge in [0.1, 0.15) is 6.04 Å². The third-order valence-electron chi connectivity index (χ3n) is 8.70. The van der Waals surface area contributed by atoms with Crippen molar-refractivity contribution in [2.75, 3.05) is 26.2 Å². The van der Waals surface area contributed by atoms with E-state index < -0.39 is 35.7 Å². The number of carbonyl (C=O) groups excluding carboxylic acids is 2. The lowest BCUT2D eigenvalue weighted by Gasteiger charge is -2.42. The van der Waals surface area contributed by atoms with E-state index >= 15 is 0 Å². The van der Waals surface area contributed by atoms with Gasteiger partial charge in [-0.15, -0.1) is 0 Å². The molecule has 2 heterocycles. The summed E-state index contributed by atoms with van der Waals surface area (Å²) in [5.41, 5.74) is 3.68. The third-order valence-corrected chi connectivity index (χ3v) is 8.70. The smallest absolute Gasteiger partial charge is 0.239 e. The Kier molecular flexibility index (Phi) is 10.7. The average Bonchev–Trinajstić information content (AvgIpc) is 3.32. The number of aliphatic hydroxyl groups is 2. The first kappa shape index (κ1) is 32.8. The number of piperazine rings is 1. The number of fused-ring (bicyclic) bond motifs is 1.